The van der Waals surface area contributed by atoms with Crippen molar-refractivity contribution in [1.29, 1.82) is 0 Å². The van der Waals surface area contributed by atoms with Crippen LogP contribution in [0.5, 0.6) is 0 Å². The Kier molecular flexibility index (Phi) is 2.81. The number of fused-ring (bicyclic) bond motifs is 1. The molecular formula is C12H12N4OS. The van der Waals surface area contributed by atoms with Gasteiger partial charge in [0.2, 0.25) is 0 Å². The molecule has 5 nitrogen and oxygen atoms in total. The first-order valence-corrected chi connectivity index (χ1v) is 6.33. The Morgan fingerprint density at radius 3 is 3.00 bits per heavy atom. The van der Waals surface area contributed by atoms with E-state index < -0.39 is 0 Å². The maximum atomic E-state index is 9.49. The molecule has 3 aromatic heterocycles. The number of pyridine rings is 1. The third-order valence-corrected chi connectivity index (χ3v) is 3.60. The Bertz CT molecular complexity index is 688. The molecule has 0 radical (unpaired) electrons. The van der Waals surface area contributed by atoms with Crippen molar-refractivity contribution in [2.75, 3.05) is 0 Å². The molecule has 0 aliphatic heterocycles. The first-order chi connectivity index (χ1) is 8.78. The number of hydrogen-bond donors (Lipinski definition) is 1. The molecule has 18 heavy (non-hydrogen) atoms. The molecule has 0 aliphatic carbocycles. The molecule has 0 spiro atoms. The number of rotatable bonds is 3. The zero-order valence-corrected chi connectivity index (χ0v) is 10.6. The summed E-state index contributed by atoms with van der Waals surface area (Å²) in [5, 5.41) is 14.4. The Morgan fingerprint density at radius 2 is 2.28 bits per heavy atom. The topological polar surface area (TPSA) is 55.4 Å². The van der Waals surface area contributed by atoms with Gasteiger partial charge < -0.3 is 9.51 Å². The van der Waals surface area contributed by atoms with Crippen LogP contribution in [0.1, 0.15) is 5.69 Å². The fourth-order valence-electron chi connectivity index (χ4n) is 1.81. The van der Waals surface area contributed by atoms with Crippen LogP contribution in [-0.2, 0) is 13.7 Å². The molecule has 0 aliphatic rings. The fourth-order valence-corrected chi connectivity index (χ4v) is 2.76. The molecular weight excluding hydrogens is 248 g/mol. The second-order valence-corrected chi connectivity index (χ2v) is 4.96. The maximum absolute atomic E-state index is 9.49. The quantitative estimate of drug-likeness (QED) is 0.779. The average Bonchev–Trinajstić information content (AvgIpc) is 2.92. The minimum absolute atomic E-state index is 0.0340. The predicted octanol–water partition coefficient (Wildman–Crippen LogP) is 1.71. The van der Waals surface area contributed by atoms with Crippen LogP contribution in [-0.4, -0.2) is 24.3 Å². The van der Waals surface area contributed by atoms with Crippen molar-refractivity contribution in [1.82, 2.24) is 19.2 Å². The van der Waals surface area contributed by atoms with Crippen molar-refractivity contribution in [2.45, 2.75) is 16.5 Å². The van der Waals surface area contributed by atoms with Gasteiger partial charge in [0, 0.05) is 19.4 Å². The Balaban J connectivity index is 2.05. The lowest BCUT2D eigenvalue weighted by molar-refractivity contribution is 0.272. The average molecular weight is 260 g/mol. The van der Waals surface area contributed by atoms with Crippen LogP contribution < -0.4 is 0 Å². The molecule has 3 aromatic rings. The Labute approximate surface area is 108 Å². The molecule has 0 saturated carbocycles. The minimum atomic E-state index is -0.0340. The number of nitrogens with zero attached hydrogens (tertiary/aromatic N) is 4. The smallest absolute Gasteiger partial charge is 0.138 e. The van der Waals surface area contributed by atoms with Gasteiger partial charge in [0.15, 0.2) is 0 Å². The van der Waals surface area contributed by atoms with Crippen LogP contribution in [0.15, 0.2) is 46.7 Å². The number of aliphatic hydroxyl groups is 1. The van der Waals surface area contributed by atoms with Crippen LogP contribution >= 0.6 is 11.8 Å². The summed E-state index contributed by atoms with van der Waals surface area (Å²) < 4.78 is 3.65. The highest BCUT2D eigenvalue weighted by atomic mass is 32.2. The number of aromatic nitrogens is 4. The molecule has 0 saturated heterocycles. The van der Waals surface area contributed by atoms with Crippen molar-refractivity contribution in [3.05, 3.63) is 42.5 Å². The third kappa shape index (κ3) is 1.89. The van der Waals surface area contributed by atoms with E-state index in [4.69, 9.17) is 0 Å². The number of aryl methyl sites for hydroxylation is 1. The lowest BCUT2D eigenvalue weighted by atomic mass is 10.4. The van der Waals surface area contributed by atoms with Crippen molar-refractivity contribution < 1.29 is 5.11 Å². The number of imidazole rings is 1. The van der Waals surface area contributed by atoms with Crippen LogP contribution in [0.3, 0.4) is 0 Å². The van der Waals surface area contributed by atoms with Crippen LogP contribution in [0.25, 0.3) is 5.65 Å². The molecule has 0 aromatic carbocycles. The molecule has 0 fully saturated rings. The SMILES string of the molecule is Cn1cc(Sc2nc3ccccn3c2CO)cn1. The van der Waals surface area contributed by atoms with Gasteiger partial charge in [-0.2, -0.15) is 5.10 Å². The zero-order valence-electron chi connectivity index (χ0n) is 9.82. The minimum Gasteiger partial charge on any atom is -0.390 e. The molecule has 0 unspecified atom stereocenters. The molecule has 0 atom stereocenters. The van der Waals surface area contributed by atoms with Gasteiger partial charge in [-0.3, -0.25) is 4.68 Å². The van der Waals surface area contributed by atoms with Crippen molar-refractivity contribution in [2.24, 2.45) is 7.05 Å². The van der Waals surface area contributed by atoms with Crippen LogP contribution in [0.4, 0.5) is 0 Å². The highest BCUT2D eigenvalue weighted by Gasteiger charge is 2.12. The summed E-state index contributed by atoms with van der Waals surface area (Å²) in [7, 11) is 1.88. The highest BCUT2D eigenvalue weighted by molar-refractivity contribution is 7.99. The predicted molar refractivity (Wildman–Crippen MR) is 68.4 cm³/mol. The molecule has 3 rings (SSSR count). The number of hydrogen-bond acceptors (Lipinski definition) is 4. The summed E-state index contributed by atoms with van der Waals surface area (Å²) in [6, 6.07) is 5.78. The van der Waals surface area contributed by atoms with Gasteiger partial charge in [-0.25, -0.2) is 4.98 Å². The van der Waals surface area contributed by atoms with Crippen molar-refractivity contribution in [3.8, 4) is 0 Å². The van der Waals surface area contributed by atoms with E-state index in [0.717, 1.165) is 21.3 Å². The van der Waals surface area contributed by atoms with E-state index in [2.05, 4.69) is 10.1 Å². The second-order valence-electron chi connectivity index (χ2n) is 3.90. The van der Waals surface area contributed by atoms with Gasteiger partial charge in [0.1, 0.15) is 10.7 Å². The van der Waals surface area contributed by atoms with E-state index in [1.807, 2.05) is 42.0 Å². The van der Waals surface area contributed by atoms with Gasteiger partial charge in [-0.05, 0) is 12.1 Å². The molecule has 0 bridgehead atoms. The van der Waals surface area contributed by atoms with E-state index in [1.54, 1.807) is 10.9 Å². The summed E-state index contributed by atoms with van der Waals surface area (Å²) in [6.45, 7) is -0.0340. The number of aliphatic hydroxyl groups excluding tert-OH is 1. The first-order valence-electron chi connectivity index (χ1n) is 5.51. The molecule has 1 N–H and O–H groups in total. The lowest BCUT2D eigenvalue weighted by Gasteiger charge is -1.99. The molecule has 3 heterocycles. The summed E-state index contributed by atoms with van der Waals surface area (Å²) in [5.74, 6) is 0. The van der Waals surface area contributed by atoms with Gasteiger partial charge in [-0.15, -0.1) is 0 Å². The summed E-state index contributed by atoms with van der Waals surface area (Å²) in [6.07, 6.45) is 5.62. The van der Waals surface area contributed by atoms with Crippen LogP contribution in [0, 0.1) is 0 Å². The van der Waals surface area contributed by atoms with E-state index in [0.29, 0.717) is 0 Å². The van der Waals surface area contributed by atoms with E-state index in [1.165, 1.54) is 11.8 Å². The molecule has 0 amide bonds. The summed E-state index contributed by atoms with van der Waals surface area (Å²) >= 11 is 1.51. The van der Waals surface area contributed by atoms with Gasteiger partial charge >= 0.3 is 0 Å². The highest BCUT2D eigenvalue weighted by Crippen LogP contribution is 2.30. The Morgan fingerprint density at radius 1 is 1.39 bits per heavy atom. The van der Waals surface area contributed by atoms with Crippen molar-refractivity contribution >= 4 is 17.4 Å². The maximum Gasteiger partial charge on any atom is 0.138 e. The van der Waals surface area contributed by atoms with Gasteiger partial charge in [0.25, 0.3) is 0 Å². The monoisotopic (exact) mass is 260 g/mol. The van der Waals surface area contributed by atoms with E-state index in [-0.39, 0.29) is 6.61 Å². The molecule has 6 heteroatoms. The Hall–Kier alpha value is -1.79. The molecule has 92 valence electrons. The summed E-state index contributed by atoms with van der Waals surface area (Å²) in [4.78, 5) is 5.53. The first kappa shape index (κ1) is 11.3. The van der Waals surface area contributed by atoms with E-state index in [9.17, 15) is 5.11 Å². The third-order valence-electron chi connectivity index (χ3n) is 2.64. The zero-order chi connectivity index (χ0) is 12.5. The lowest BCUT2D eigenvalue weighted by Crippen LogP contribution is -1.92. The second kappa shape index (κ2) is 4.47. The van der Waals surface area contributed by atoms with E-state index >= 15 is 0 Å². The fraction of sp³-hybridized carbons (Fsp3) is 0.167. The largest absolute Gasteiger partial charge is 0.390 e. The van der Waals surface area contributed by atoms with Crippen molar-refractivity contribution in [3.63, 3.8) is 0 Å². The van der Waals surface area contributed by atoms with Crippen LogP contribution in [0.2, 0.25) is 0 Å². The van der Waals surface area contributed by atoms with Gasteiger partial charge in [-0.1, -0.05) is 17.8 Å². The standard InChI is InChI=1S/C12H12N4OS/c1-15-7-9(6-13-15)18-12-10(8-17)16-5-3-2-4-11(16)14-12/h2-7,17H,8H2,1H3. The normalized spacial score (nSPS) is 11.2. The van der Waals surface area contributed by atoms with Gasteiger partial charge in [0.05, 0.1) is 23.4 Å². The summed E-state index contributed by atoms with van der Waals surface area (Å²) in [5.41, 5.74) is 1.65.